The highest BCUT2D eigenvalue weighted by molar-refractivity contribution is 7.88. The first-order valence-corrected chi connectivity index (χ1v) is 10.2. The minimum Gasteiger partial charge on any atom is -0.493 e. The summed E-state index contributed by atoms with van der Waals surface area (Å²) in [6, 6.07) is 11.0. The van der Waals surface area contributed by atoms with E-state index in [1.807, 2.05) is 30.3 Å². The molecular weight excluding hydrogens is 368 g/mol. The third-order valence-corrected chi connectivity index (χ3v) is 6.58. The van der Waals surface area contributed by atoms with E-state index in [2.05, 4.69) is 5.16 Å². The van der Waals surface area contributed by atoms with E-state index >= 15 is 0 Å². The fourth-order valence-corrected chi connectivity index (χ4v) is 4.84. The number of benzene rings is 2. The predicted molar refractivity (Wildman–Crippen MR) is 100 cm³/mol. The van der Waals surface area contributed by atoms with Crippen molar-refractivity contribution in [1.29, 1.82) is 0 Å². The number of fused-ring (bicyclic) bond motifs is 2. The zero-order valence-electron chi connectivity index (χ0n) is 15.1. The van der Waals surface area contributed by atoms with E-state index in [1.54, 1.807) is 20.3 Å². The van der Waals surface area contributed by atoms with E-state index in [9.17, 15) is 8.42 Å². The van der Waals surface area contributed by atoms with Crippen molar-refractivity contribution in [2.24, 2.45) is 0 Å². The molecule has 0 N–H and O–H groups in total. The average Bonchev–Trinajstić information content (AvgIpc) is 3.08. The Kier molecular flexibility index (Phi) is 4.53. The third-order valence-electron chi connectivity index (χ3n) is 4.85. The summed E-state index contributed by atoms with van der Waals surface area (Å²) < 4.78 is 43.3. The summed E-state index contributed by atoms with van der Waals surface area (Å²) in [6.45, 7) is 0.717. The van der Waals surface area contributed by atoms with Crippen molar-refractivity contribution in [3.8, 4) is 11.5 Å². The molecule has 0 radical (unpaired) electrons. The number of rotatable bonds is 5. The normalized spacial score (nSPS) is 14.9. The minimum absolute atomic E-state index is 0.188. The SMILES string of the molecule is COc1cc2c(cc1OC)CN(S(=O)(=O)Cc1noc3ccccc13)CC2. The van der Waals surface area contributed by atoms with E-state index in [4.69, 9.17) is 14.0 Å². The van der Waals surface area contributed by atoms with E-state index in [1.165, 1.54) is 4.31 Å². The van der Waals surface area contributed by atoms with Gasteiger partial charge in [0.05, 0.1) is 14.2 Å². The molecule has 0 atom stereocenters. The first kappa shape index (κ1) is 17.8. The second kappa shape index (κ2) is 6.86. The molecule has 3 aromatic rings. The van der Waals surface area contributed by atoms with Crippen LogP contribution in [-0.4, -0.2) is 38.6 Å². The van der Waals surface area contributed by atoms with Crippen LogP contribution in [0.1, 0.15) is 16.8 Å². The molecule has 7 nitrogen and oxygen atoms in total. The highest BCUT2D eigenvalue weighted by atomic mass is 32.2. The second-order valence-electron chi connectivity index (χ2n) is 6.44. The zero-order valence-corrected chi connectivity index (χ0v) is 16.0. The van der Waals surface area contributed by atoms with Gasteiger partial charge in [0.25, 0.3) is 0 Å². The number of ether oxygens (including phenoxy) is 2. The van der Waals surface area contributed by atoms with Gasteiger partial charge in [0, 0.05) is 18.5 Å². The maximum absolute atomic E-state index is 13.0. The van der Waals surface area contributed by atoms with Crippen LogP contribution in [-0.2, 0) is 28.7 Å². The first-order chi connectivity index (χ1) is 13.0. The van der Waals surface area contributed by atoms with Gasteiger partial charge in [-0.1, -0.05) is 17.3 Å². The first-order valence-electron chi connectivity index (χ1n) is 8.56. The third kappa shape index (κ3) is 3.26. The largest absolute Gasteiger partial charge is 0.493 e. The molecule has 1 aliphatic rings. The maximum atomic E-state index is 13.0. The minimum atomic E-state index is -3.54. The van der Waals surface area contributed by atoms with Crippen LogP contribution in [0.25, 0.3) is 11.0 Å². The zero-order chi connectivity index (χ0) is 19.0. The Morgan fingerprint density at radius 1 is 1.11 bits per heavy atom. The molecule has 0 bridgehead atoms. The summed E-state index contributed by atoms with van der Waals surface area (Å²) >= 11 is 0. The Balaban J connectivity index is 1.60. The van der Waals surface area contributed by atoms with E-state index in [0.717, 1.165) is 16.5 Å². The molecule has 2 aromatic carbocycles. The smallest absolute Gasteiger partial charge is 0.220 e. The van der Waals surface area contributed by atoms with Gasteiger partial charge >= 0.3 is 0 Å². The summed E-state index contributed by atoms with van der Waals surface area (Å²) in [5.74, 6) is 1.06. The Morgan fingerprint density at radius 2 is 1.81 bits per heavy atom. The summed E-state index contributed by atoms with van der Waals surface area (Å²) in [6.07, 6.45) is 0.620. The lowest BCUT2D eigenvalue weighted by Crippen LogP contribution is -2.36. The lowest BCUT2D eigenvalue weighted by molar-refractivity contribution is 0.348. The van der Waals surface area contributed by atoms with Crippen LogP contribution in [0.2, 0.25) is 0 Å². The molecule has 1 aliphatic heterocycles. The van der Waals surface area contributed by atoms with Crippen LogP contribution in [0, 0.1) is 0 Å². The number of para-hydroxylation sites is 1. The van der Waals surface area contributed by atoms with Gasteiger partial charge in [0.1, 0.15) is 11.4 Å². The van der Waals surface area contributed by atoms with E-state index < -0.39 is 10.0 Å². The quantitative estimate of drug-likeness (QED) is 0.668. The molecule has 0 fully saturated rings. The molecule has 8 heteroatoms. The van der Waals surface area contributed by atoms with Gasteiger partial charge in [-0.2, -0.15) is 4.31 Å². The van der Waals surface area contributed by atoms with Gasteiger partial charge in [-0.15, -0.1) is 0 Å². The van der Waals surface area contributed by atoms with Crippen LogP contribution in [0.5, 0.6) is 11.5 Å². The van der Waals surface area contributed by atoms with Gasteiger partial charge in [-0.3, -0.25) is 0 Å². The van der Waals surface area contributed by atoms with E-state index in [-0.39, 0.29) is 5.75 Å². The van der Waals surface area contributed by atoms with Crippen molar-refractivity contribution in [1.82, 2.24) is 9.46 Å². The Bertz CT molecular complexity index is 1090. The van der Waals surface area contributed by atoms with Crippen molar-refractivity contribution in [3.05, 3.63) is 53.2 Å². The van der Waals surface area contributed by atoms with Gasteiger partial charge < -0.3 is 14.0 Å². The summed E-state index contributed by atoms with van der Waals surface area (Å²) in [4.78, 5) is 0. The van der Waals surface area contributed by atoms with Crippen LogP contribution in [0.4, 0.5) is 0 Å². The molecule has 0 unspecified atom stereocenters. The topological polar surface area (TPSA) is 81.9 Å². The standard InChI is InChI=1S/C19H20N2O5S/c1-24-18-9-13-7-8-21(11-14(13)10-19(18)25-2)27(22,23)12-16-15-5-3-4-6-17(15)26-20-16/h3-6,9-10H,7-8,11-12H2,1-2H3. The fraction of sp³-hybridized carbons (Fsp3) is 0.316. The number of hydrogen-bond acceptors (Lipinski definition) is 6. The van der Waals surface area contributed by atoms with Crippen LogP contribution >= 0.6 is 0 Å². The highest BCUT2D eigenvalue weighted by Gasteiger charge is 2.29. The van der Waals surface area contributed by atoms with Gasteiger partial charge in [-0.25, -0.2) is 8.42 Å². The molecule has 0 spiro atoms. The lowest BCUT2D eigenvalue weighted by Gasteiger charge is -2.28. The Hall–Kier alpha value is -2.58. The maximum Gasteiger partial charge on any atom is 0.220 e. The molecule has 0 amide bonds. The average molecular weight is 388 g/mol. The molecule has 0 aliphatic carbocycles. The van der Waals surface area contributed by atoms with Crippen molar-refractivity contribution >= 4 is 21.0 Å². The van der Waals surface area contributed by atoms with Crippen LogP contribution in [0.15, 0.2) is 40.9 Å². The number of hydrogen-bond donors (Lipinski definition) is 0. The number of nitrogens with zero attached hydrogens (tertiary/aromatic N) is 2. The lowest BCUT2D eigenvalue weighted by atomic mass is 10.0. The van der Waals surface area contributed by atoms with E-state index in [0.29, 0.717) is 42.3 Å². The molecule has 142 valence electrons. The van der Waals surface area contributed by atoms with Crippen molar-refractivity contribution < 1.29 is 22.4 Å². The van der Waals surface area contributed by atoms with Crippen molar-refractivity contribution in [3.63, 3.8) is 0 Å². The molecule has 2 heterocycles. The number of methoxy groups -OCH3 is 2. The Labute approximate surface area is 157 Å². The summed E-state index contributed by atoms with van der Waals surface area (Å²) in [5, 5.41) is 4.68. The molecule has 1 aromatic heterocycles. The summed E-state index contributed by atoms with van der Waals surface area (Å²) in [5.41, 5.74) is 3.02. The molecule has 4 rings (SSSR count). The second-order valence-corrected chi connectivity index (χ2v) is 8.41. The fourth-order valence-electron chi connectivity index (χ4n) is 3.40. The van der Waals surface area contributed by atoms with Crippen molar-refractivity contribution in [2.75, 3.05) is 20.8 Å². The predicted octanol–water partition coefficient (Wildman–Crippen LogP) is 2.73. The van der Waals surface area contributed by atoms with Crippen LogP contribution in [0.3, 0.4) is 0 Å². The highest BCUT2D eigenvalue weighted by Crippen LogP contribution is 2.34. The monoisotopic (exact) mass is 388 g/mol. The van der Waals surface area contributed by atoms with Crippen LogP contribution < -0.4 is 9.47 Å². The van der Waals surface area contributed by atoms with Gasteiger partial charge in [0.2, 0.25) is 10.0 Å². The van der Waals surface area contributed by atoms with Gasteiger partial charge in [0.15, 0.2) is 17.1 Å². The van der Waals surface area contributed by atoms with Crippen molar-refractivity contribution in [2.45, 2.75) is 18.7 Å². The summed E-state index contributed by atoms with van der Waals surface area (Å²) in [7, 11) is -0.381. The molecular formula is C19H20N2O5S. The Morgan fingerprint density at radius 3 is 2.56 bits per heavy atom. The molecule has 27 heavy (non-hydrogen) atoms. The number of sulfonamides is 1. The van der Waals surface area contributed by atoms with Gasteiger partial charge in [-0.05, 0) is 41.8 Å². The molecule has 0 saturated heterocycles. The number of aromatic nitrogens is 1. The molecule has 0 saturated carbocycles.